The SMILES string of the molecule is Cc1ccc(N[P@](C)(=O)Oc2ccccc2)c(C)c1. The summed E-state index contributed by atoms with van der Waals surface area (Å²) in [4.78, 5) is 0. The summed E-state index contributed by atoms with van der Waals surface area (Å²) in [6.45, 7) is 5.60. The lowest BCUT2D eigenvalue weighted by molar-refractivity contribution is 0.493. The highest BCUT2D eigenvalue weighted by Crippen LogP contribution is 2.43. The van der Waals surface area contributed by atoms with Gasteiger partial charge in [0.15, 0.2) is 0 Å². The van der Waals surface area contributed by atoms with Crippen molar-refractivity contribution in [1.82, 2.24) is 0 Å². The molecule has 0 saturated carbocycles. The molecular weight excluding hydrogens is 257 g/mol. The number of nitrogens with one attached hydrogen (secondary N) is 1. The van der Waals surface area contributed by atoms with Crippen molar-refractivity contribution in [1.29, 1.82) is 0 Å². The fourth-order valence-corrected chi connectivity index (χ4v) is 3.12. The second kappa shape index (κ2) is 5.50. The number of hydrogen-bond acceptors (Lipinski definition) is 2. The van der Waals surface area contributed by atoms with E-state index in [4.69, 9.17) is 4.52 Å². The molecule has 3 nitrogen and oxygen atoms in total. The van der Waals surface area contributed by atoms with E-state index in [1.165, 1.54) is 5.56 Å². The standard InChI is InChI=1S/C15H18NO2P/c1-12-9-10-15(13(2)11-12)16-19(3,17)18-14-7-5-4-6-8-14/h4-11H,1-3H3,(H,16,17)/t19-/m1/s1. The molecule has 2 aromatic carbocycles. The largest absolute Gasteiger partial charge is 0.429 e. The van der Waals surface area contributed by atoms with E-state index in [-0.39, 0.29) is 0 Å². The number of para-hydroxylation sites is 1. The zero-order valence-corrected chi connectivity index (χ0v) is 12.3. The Balaban J connectivity index is 2.15. The maximum Gasteiger partial charge on any atom is 0.338 e. The first kappa shape index (κ1) is 13.7. The van der Waals surface area contributed by atoms with Gasteiger partial charge in [0.1, 0.15) is 5.75 Å². The quantitative estimate of drug-likeness (QED) is 0.827. The lowest BCUT2D eigenvalue weighted by Crippen LogP contribution is -2.03. The van der Waals surface area contributed by atoms with Crippen LogP contribution in [0.1, 0.15) is 11.1 Å². The lowest BCUT2D eigenvalue weighted by atomic mass is 10.1. The Morgan fingerprint density at radius 3 is 2.37 bits per heavy atom. The number of anilines is 1. The van der Waals surface area contributed by atoms with Gasteiger partial charge in [-0.1, -0.05) is 35.9 Å². The third-order valence-electron chi connectivity index (χ3n) is 2.73. The van der Waals surface area contributed by atoms with Crippen molar-refractivity contribution in [2.45, 2.75) is 13.8 Å². The van der Waals surface area contributed by atoms with Crippen LogP contribution < -0.4 is 9.61 Å². The van der Waals surface area contributed by atoms with Gasteiger partial charge in [-0.05, 0) is 37.6 Å². The molecule has 0 heterocycles. The molecule has 0 aliphatic heterocycles. The van der Waals surface area contributed by atoms with Crippen molar-refractivity contribution in [3.05, 3.63) is 59.7 Å². The van der Waals surface area contributed by atoms with Crippen molar-refractivity contribution in [3.63, 3.8) is 0 Å². The fraction of sp³-hybridized carbons (Fsp3) is 0.200. The van der Waals surface area contributed by atoms with Gasteiger partial charge in [-0.2, -0.15) is 0 Å². The Hall–Kier alpha value is -1.73. The van der Waals surface area contributed by atoms with Gasteiger partial charge in [-0.3, -0.25) is 4.57 Å². The summed E-state index contributed by atoms with van der Waals surface area (Å²) in [5.74, 6) is 0.602. The first-order chi connectivity index (χ1) is 8.96. The monoisotopic (exact) mass is 275 g/mol. The Labute approximate surface area is 114 Å². The van der Waals surface area contributed by atoms with Gasteiger partial charge in [0.2, 0.25) is 0 Å². The summed E-state index contributed by atoms with van der Waals surface area (Å²) in [6.07, 6.45) is 0. The van der Waals surface area contributed by atoms with Crippen LogP contribution in [0.15, 0.2) is 48.5 Å². The number of rotatable bonds is 4. The van der Waals surface area contributed by atoms with Crippen molar-refractivity contribution in [3.8, 4) is 5.75 Å². The van der Waals surface area contributed by atoms with Gasteiger partial charge in [0.25, 0.3) is 0 Å². The third-order valence-corrected chi connectivity index (χ3v) is 3.93. The second-order valence-electron chi connectivity index (χ2n) is 4.68. The van der Waals surface area contributed by atoms with Gasteiger partial charge in [-0.15, -0.1) is 0 Å². The van der Waals surface area contributed by atoms with E-state index in [2.05, 4.69) is 5.09 Å². The summed E-state index contributed by atoms with van der Waals surface area (Å²) < 4.78 is 18.0. The first-order valence-electron chi connectivity index (χ1n) is 6.14. The fourth-order valence-electron chi connectivity index (χ4n) is 1.86. The van der Waals surface area contributed by atoms with E-state index in [0.717, 1.165) is 11.3 Å². The predicted octanol–water partition coefficient (Wildman–Crippen LogP) is 4.62. The van der Waals surface area contributed by atoms with Crippen LogP contribution in [0.5, 0.6) is 5.75 Å². The minimum absolute atomic E-state index is 0.602. The minimum Gasteiger partial charge on any atom is -0.429 e. The van der Waals surface area contributed by atoms with Crippen molar-refractivity contribution in [2.75, 3.05) is 11.8 Å². The summed E-state index contributed by atoms with van der Waals surface area (Å²) in [6, 6.07) is 15.1. The summed E-state index contributed by atoms with van der Waals surface area (Å²) in [5, 5.41) is 3.00. The van der Waals surface area contributed by atoms with Crippen LogP contribution in [-0.4, -0.2) is 6.66 Å². The Kier molecular flexibility index (Phi) is 3.96. The van der Waals surface area contributed by atoms with E-state index in [1.54, 1.807) is 18.8 Å². The molecule has 1 atom stereocenters. The molecule has 4 heteroatoms. The van der Waals surface area contributed by atoms with Gasteiger partial charge < -0.3 is 9.61 Å². The van der Waals surface area contributed by atoms with Crippen molar-refractivity contribution >= 4 is 13.2 Å². The van der Waals surface area contributed by atoms with Crippen LogP contribution >= 0.6 is 7.52 Å². The van der Waals surface area contributed by atoms with Crippen molar-refractivity contribution in [2.24, 2.45) is 0 Å². The Morgan fingerprint density at radius 2 is 1.74 bits per heavy atom. The average molecular weight is 275 g/mol. The molecule has 0 fully saturated rings. The van der Waals surface area contributed by atoms with Crippen LogP contribution in [0.25, 0.3) is 0 Å². The van der Waals surface area contributed by atoms with Crippen LogP contribution in [0.4, 0.5) is 5.69 Å². The molecule has 0 saturated heterocycles. The number of benzene rings is 2. The molecule has 2 aromatic rings. The van der Waals surface area contributed by atoms with E-state index in [9.17, 15) is 4.57 Å². The van der Waals surface area contributed by atoms with E-state index < -0.39 is 7.52 Å². The number of aryl methyl sites for hydroxylation is 2. The molecule has 1 N–H and O–H groups in total. The van der Waals surface area contributed by atoms with E-state index in [0.29, 0.717) is 5.75 Å². The first-order valence-corrected chi connectivity index (χ1v) is 8.21. The predicted molar refractivity (Wildman–Crippen MR) is 80.1 cm³/mol. The second-order valence-corrected chi connectivity index (χ2v) is 6.78. The van der Waals surface area contributed by atoms with E-state index in [1.807, 2.05) is 50.2 Å². The molecular formula is C15H18NO2P. The molecule has 0 amide bonds. The molecule has 0 aromatic heterocycles. The zero-order chi connectivity index (χ0) is 13.9. The molecule has 0 aliphatic carbocycles. The van der Waals surface area contributed by atoms with E-state index >= 15 is 0 Å². The molecule has 0 unspecified atom stereocenters. The van der Waals surface area contributed by atoms with Gasteiger partial charge >= 0.3 is 7.52 Å². The molecule has 0 aliphatic rings. The summed E-state index contributed by atoms with van der Waals surface area (Å²) in [7, 11) is -2.93. The maximum absolute atomic E-state index is 12.5. The smallest absolute Gasteiger partial charge is 0.338 e. The highest BCUT2D eigenvalue weighted by molar-refractivity contribution is 7.60. The lowest BCUT2D eigenvalue weighted by Gasteiger charge is -2.18. The Morgan fingerprint density at radius 1 is 1.05 bits per heavy atom. The molecule has 0 spiro atoms. The van der Waals surface area contributed by atoms with Gasteiger partial charge in [-0.25, -0.2) is 0 Å². The van der Waals surface area contributed by atoms with Crippen molar-refractivity contribution < 1.29 is 9.09 Å². The molecule has 0 bridgehead atoms. The summed E-state index contributed by atoms with van der Waals surface area (Å²) >= 11 is 0. The van der Waals surface area contributed by atoms with Crippen LogP contribution in [-0.2, 0) is 4.57 Å². The maximum atomic E-state index is 12.5. The molecule has 100 valence electrons. The normalized spacial score (nSPS) is 13.6. The molecule has 0 radical (unpaired) electrons. The average Bonchev–Trinajstić information content (AvgIpc) is 2.33. The third kappa shape index (κ3) is 3.87. The van der Waals surface area contributed by atoms with Crippen LogP contribution in [0.3, 0.4) is 0 Å². The topological polar surface area (TPSA) is 38.3 Å². The van der Waals surface area contributed by atoms with Crippen LogP contribution in [0.2, 0.25) is 0 Å². The highest BCUT2D eigenvalue weighted by Gasteiger charge is 2.18. The number of hydrogen-bond donors (Lipinski definition) is 1. The van der Waals surface area contributed by atoms with Gasteiger partial charge in [0.05, 0.1) is 0 Å². The minimum atomic E-state index is -2.93. The Bertz CT molecular complexity index is 611. The van der Waals surface area contributed by atoms with Gasteiger partial charge in [0, 0.05) is 12.4 Å². The molecule has 19 heavy (non-hydrogen) atoms. The van der Waals surface area contributed by atoms with Crippen LogP contribution in [0, 0.1) is 13.8 Å². The molecule has 2 rings (SSSR count). The highest BCUT2D eigenvalue weighted by atomic mass is 31.2. The zero-order valence-electron chi connectivity index (χ0n) is 11.4. The summed E-state index contributed by atoms with van der Waals surface area (Å²) in [5.41, 5.74) is 3.07.